The van der Waals surface area contributed by atoms with Crippen molar-refractivity contribution in [2.75, 3.05) is 0 Å². The fourth-order valence-electron chi connectivity index (χ4n) is 3.08. The Kier molecular flexibility index (Phi) is 11.8. The number of carbonyl (C=O) groups is 5. The number of aliphatic hydroxyl groups is 1. The maximum Gasteiger partial charge on any atom is 0.328 e. The molecule has 1 rings (SSSR count). The van der Waals surface area contributed by atoms with Crippen LogP contribution in [-0.4, -0.2) is 75.3 Å². The number of amides is 3. The van der Waals surface area contributed by atoms with E-state index in [9.17, 15) is 34.2 Å². The minimum Gasteiger partial charge on any atom is -0.481 e. The molecule has 0 fully saturated rings. The molecule has 0 saturated heterocycles. The Labute approximate surface area is 203 Å². The molecule has 0 aromatic heterocycles. The smallest absolute Gasteiger partial charge is 0.328 e. The molecule has 1 aromatic carbocycles. The molecule has 0 aliphatic rings. The van der Waals surface area contributed by atoms with Gasteiger partial charge in [-0.15, -0.1) is 0 Å². The first-order chi connectivity index (χ1) is 16.3. The Balaban J connectivity index is 3.14. The molecule has 5 atom stereocenters. The first kappa shape index (κ1) is 29.5. The molecule has 8 N–H and O–H groups in total. The zero-order chi connectivity index (χ0) is 26.7. The number of rotatable bonds is 14. The first-order valence-corrected chi connectivity index (χ1v) is 11.2. The zero-order valence-corrected chi connectivity index (χ0v) is 19.9. The molecule has 0 bridgehead atoms. The van der Waals surface area contributed by atoms with Crippen LogP contribution in [0.2, 0.25) is 0 Å². The van der Waals surface area contributed by atoms with E-state index in [0.29, 0.717) is 5.56 Å². The summed E-state index contributed by atoms with van der Waals surface area (Å²) in [6.45, 7) is 4.64. The minimum atomic E-state index is -1.67. The second kappa shape index (κ2) is 14.0. The number of carboxylic acids is 2. The Morgan fingerprint density at radius 1 is 0.857 bits per heavy atom. The molecule has 194 valence electrons. The molecule has 0 saturated carbocycles. The average molecular weight is 495 g/mol. The van der Waals surface area contributed by atoms with Crippen LogP contribution in [0.25, 0.3) is 0 Å². The van der Waals surface area contributed by atoms with Crippen LogP contribution in [0.5, 0.6) is 0 Å². The van der Waals surface area contributed by atoms with Crippen LogP contribution < -0.4 is 21.7 Å². The normalized spacial score (nSPS) is 15.3. The molecule has 3 amide bonds. The average Bonchev–Trinajstić information content (AvgIpc) is 2.78. The number of carboxylic acid groups (broad SMARTS) is 2. The zero-order valence-electron chi connectivity index (χ0n) is 19.9. The summed E-state index contributed by atoms with van der Waals surface area (Å²) in [7, 11) is 0. The van der Waals surface area contributed by atoms with Crippen molar-refractivity contribution in [3.63, 3.8) is 0 Å². The van der Waals surface area contributed by atoms with Gasteiger partial charge in [0.2, 0.25) is 17.7 Å². The van der Waals surface area contributed by atoms with Gasteiger partial charge in [-0.2, -0.15) is 0 Å². The van der Waals surface area contributed by atoms with Gasteiger partial charge in [-0.1, -0.05) is 44.2 Å². The second-order valence-electron chi connectivity index (χ2n) is 8.58. The molecular weight excluding hydrogens is 460 g/mol. The molecule has 0 aliphatic carbocycles. The van der Waals surface area contributed by atoms with E-state index in [0.717, 1.165) is 6.92 Å². The van der Waals surface area contributed by atoms with Gasteiger partial charge in [-0.3, -0.25) is 19.2 Å². The van der Waals surface area contributed by atoms with Crippen molar-refractivity contribution in [1.82, 2.24) is 16.0 Å². The Morgan fingerprint density at radius 3 is 1.89 bits per heavy atom. The van der Waals surface area contributed by atoms with Crippen LogP contribution in [0, 0.1) is 5.92 Å². The molecule has 0 spiro atoms. The van der Waals surface area contributed by atoms with Crippen molar-refractivity contribution in [3.05, 3.63) is 35.9 Å². The van der Waals surface area contributed by atoms with Crippen molar-refractivity contribution in [3.8, 4) is 0 Å². The van der Waals surface area contributed by atoms with Crippen molar-refractivity contribution in [2.24, 2.45) is 11.7 Å². The molecule has 35 heavy (non-hydrogen) atoms. The van der Waals surface area contributed by atoms with Gasteiger partial charge in [-0.05, 0) is 24.8 Å². The van der Waals surface area contributed by atoms with Gasteiger partial charge in [-0.25, -0.2) is 4.79 Å². The topological polar surface area (TPSA) is 208 Å². The Hall–Kier alpha value is -3.51. The number of carbonyl (C=O) groups excluding carboxylic acids is 3. The van der Waals surface area contributed by atoms with Crippen LogP contribution in [0.4, 0.5) is 0 Å². The molecular formula is C23H34N4O8. The highest BCUT2D eigenvalue weighted by Gasteiger charge is 2.32. The molecule has 5 unspecified atom stereocenters. The van der Waals surface area contributed by atoms with E-state index in [1.54, 1.807) is 44.2 Å². The van der Waals surface area contributed by atoms with E-state index in [4.69, 9.17) is 10.8 Å². The van der Waals surface area contributed by atoms with Gasteiger partial charge in [0.05, 0.1) is 12.1 Å². The monoisotopic (exact) mass is 494 g/mol. The number of nitrogens with two attached hydrogens (primary N) is 1. The van der Waals surface area contributed by atoms with Crippen LogP contribution in [-0.2, 0) is 30.4 Å². The number of hydrogen-bond acceptors (Lipinski definition) is 7. The van der Waals surface area contributed by atoms with Crippen molar-refractivity contribution < 1.29 is 39.3 Å². The lowest BCUT2D eigenvalue weighted by Gasteiger charge is -2.26. The van der Waals surface area contributed by atoms with Gasteiger partial charge in [0, 0.05) is 12.8 Å². The van der Waals surface area contributed by atoms with E-state index in [1.807, 2.05) is 0 Å². The number of aliphatic carboxylic acids is 2. The van der Waals surface area contributed by atoms with Gasteiger partial charge < -0.3 is 37.0 Å². The summed E-state index contributed by atoms with van der Waals surface area (Å²) in [6, 6.07) is 3.60. The maximum absolute atomic E-state index is 13.1. The number of hydrogen-bond donors (Lipinski definition) is 7. The third kappa shape index (κ3) is 10.1. The predicted octanol–water partition coefficient (Wildman–Crippen LogP) is -1.00. The van der Waals surface area contributed by atoms with Crippen LogP contribution in [0.1, 0.15) is 39.2 Å². The standard InChI is InChI=1S/C23H34N4O8/c1-12(2)18(24)22(33)26-16(11-14-7-5-4-6-8-14)21(32)25-15(9-10-17(29)30)20(31)27-19(13(3)28)23(34)35/h4-8,12-13,15-16,18-19,28H,9-11,24H2,1-3H3,(H,25,32)(H,26,33)(H,27,31)(H,29,30)(H,34,35). The molecule has 0 radical (unpaired) electrons. The summed E-state index contributed by atoms with van der Waals surface area (Å²) < 4.78 is 0. The van der Waals surface area contributed by atoms with Crippen molar-refractivity contribution in [1.29, 1.82) is 0 Å². The summed E-state index contributed by atoms with van der Waals surface area (Å²) in [5.41, 5.74) is 6.60. The minimum absolute atomic E-state index is 0.0575. The largest absolute Gasteiger partial charge is 0.481 e. The molecule has 12 nitrogen and oxygen atoms in total. The lowest BCUT2D eigenvalue weighted by molar-refractivity contribution is -0.145. The lowest BCUT2D eigenvalue weighted by Crippen LogP contribution is -2.59. The second-order valence-corrected chi connectivity index (χ2v) is 8.58. The summed E-state index contributed by atoms with van der Waals surface area (Å²) >= 11 is 0. The molecule has 1 aromatic rings. The van der Waals surface area contributed by atoms with E-state index < -0.39 is 66.4 Å². The highest BCUT2D eigenvalue weighted by atomic mass is 16.4. The van der Waals surface area contributed by atoms with E-state index in [-0.39, 0.29) is 18.8 Å². The third-order valence-corrected chi connectivity index (χ3v) is 5.26. The fourth-order valence-corrected chi connectivity index (χ4v) is 3.08. The van der Waals surface area contributed by atoms with Crippen molar-refractivity contribution in [2.45, 2.75) is 70.3 Å². The first-order valence-electron chi connectivity index (χ1n) is 11.2. The maximum atomic E-state index is 13.1. The molecule has 0 aliphatic heterocycles. The molecule has 0 heterocycles. The van der Waals surface area contributed by atoms with Gasteiger partial charge in [0.15, 0.2) is 6.04 Å². The summed E-state index contributed by atoms with van der Waals surface area (Å²) in [4.78, 5) is 60.8. The quantitative estimate of drug-likeness (QED) is 0.169. The highest BCUT2D eigenvalue weighted by Crippen LogP contribution is 2.08. The highest BCUT2D eigenvalue weighted by molar-refractivity contribution is 5.94. The number of nitrogens with one attached hydrogen (secondary N) is 3. The van der Waals surface area contributed by atoms with Crippen molar-refractivity contribution >= 4 is 29.7 Å². The SMILES string of the molecule is CC(C)C(N)C(=O)NC(Cc1ccccc1)C(=O)NC(CCC(=O)O)C(=O)NC(C(=O)O)C(C)O. The number of benzene rings is 1. The predicted molar refractivity (Wildman–Crippen MR) is 125 cm³/mol. The van der Waals surface area contributed by atoms with Gasteiger partial charge in [0.25, 0.3) is 0 Å². The van der Waals surface area contributed by atoms with E-state index in [2.05, 4.69) is 16.0 Å². The summed E-state index contributed by atoms with van der Waals surface area (Å²) in [5, 5.41) is 34.9. The lowest BCUT2D eigenvalue weighted by atomic mass is 10.0. The summed E-state index contributed by atoms with van der Waals surface area (Å²) in [6.07, 6.45) is -2.24. The Morgan fingerprint density at radius 2 is 1.40 bits per heavy atom. The van der Waals surface area contributed by atoms with Gasteiger partial charge >= 0.3 is 11.9 Å². The van der Waals surface area contributed by atoms with Crippen LogP contribution in [0.3, 0.4) is 0 Å². The van der Waals surface area contributed by atoms with Crippen LogP contribution >= 0.6 is 0 Å². The Bertz CT molecular complexity index is 891. The molecule has 12 heteroatoms. The van der Waals surface area contributed by atoms with E-state index >= 15 is 0 Å². The van der Waals surface area contributed by atoms with Crippen LogP contribution in [0.15, 0.2) is 30.3 Å². The fraction of sp³-hybridized carbons (Fsp3) is 0.522. The van der Waals surface area contributed by atoms with E-state index in [1.165, 1.54) is 0 Å². The number of aliphatic hydroxyl groups excluding tert-OH is 1. The third-order valence-electron chi connectivity index (χ3n) is 5.26. The van der Waals surface area contributed by atoms with Gasteiger partial charge in [0.1, 0.15) is 12.1 Å². The summed E-state index contributed by atoms with van der Waals surface area (Å²) in [5.74, 6) is -5.31.